The Labute approximate surface area is 195 Å². The number of carbonyl (C=O) groups is 1. The van der Waals surface area contributed by atoms with Crippen LogP contribution in [0.5, 0.6) is 0 Å². The van der Waals surface area contributed by atoms with Gasteiger partial charge >= 0.3 is 0 Å². The van der Waals surface area contributed by atoms with Gasteiger partial charge < -0.3 is 5.32 Å². The second-order valence-electron chi connectivity index (χ2n) is 7.22. The minimum Gasteiger partial charge on any atom is -0.300 e. The maximum atomic E-state index is 13.2. The van der Waals surface area contributed by atoms with Crippen molar-refractivity contribution in [1.82, 2.24) is 29.5 Å². The highest BCUT2D eigenvalue weighted by Gasteiger charge is 2.30. The van der Waals surface area contributed by atoms with E-state index in [2.05, 4.69) is 20.6 Å². The quantitative estimate of drug-likeness (QED) is 0.251. The number of nitrogens with zero attached hydrogens (tertiary/aromatic N) is 6. The number of benzene rings is 1. The number of rotatable bonds is 6. The molecule has 4 heterocycles. The lowest BCUT2D eigenvalue weighted by Crippen LogP contribution is -2.27. The molecule has 3 aromatic heterocycles. The fourth-order valence-electron chi connectivity index (χ4n) is 3.48. The van der Waals surface area contributed by atoms with E-state index in [1.54, 1.807) is 27.2 Å². The lowest BCUT2D eigenvalue weighted by molar-refractivity contribution is -0.116. The van der Waals surface area contributed by atoms with E-state index in [1.165, 1.54) is 23.1 Å². The molecule has 0 bridgehead atoms. The minimum absolute atomic E-state index is 0.162. The molecule has 0 aliphatic carbocycles. The fraction of sp³-hybridized carbons (Fsp3) is 0.300. The predicted octanol–water partition coefficient (Wildman–Crippen LogP) is 3.53. The van der Waals surface area contributed by atoms with Crippen LogP contribution >= 0.6 is 34.9 Å². The van der Waals surface area contributed by atoms with E-state index in [1.807, 2.05) is 38.1 Å². The summed E-state index contributed by atoms with van der Waals surface area (Å²) in [5.74, 6) is 1.30. The zero-order valence-electron chi connectivity index (χ0n) is 17.3. The standard InChI is InChI=1S/C20H19N7O2S3/c1-3-30-20-25-24-18(32-20)22-15(28)8-13-10-31-19-23-16-14(17(29)26(13)19)9-21-27(16)12-6-4-11(2)5-7-12/h4-7,9,13H,3,8,10H2,1-2H3,(H,22,24,28). The van der Waals surface area contributed by atoms with Gasteiger partial charge in [-0.1, -0.05) is 59.5 Å². The van der Waals surface area contributed by atoms with E-state index < -0.39 is 0 Å². The van der Waals surface area contributed by atoms with Crippen molar-refractivity contribution in [1.29, 1.82) is 0 Å². The molecule has 0 spiro atoms. The van der Waals surface area contributed by atoms with Crippen molar-refractivity contribution in [2.24, 2.45) is 0 Å². The van der Waals surface area contributed by atoms with Crippen molar-refractivity contribution >= 4 is 56.9 Å². The van der Waals surface area contributed by atoms with Gasteiger partial charge in [0.2, 0.25) is 11.0 Å². The smallest absolute Gasteiger partial charge is 0.265 e. The van der Waals surface area contributed by atoms with Gasteiger partial charge in [0.25, 0.3) is 5.56 Å². The fourth-order valence-corrected chi connectivity index (χ4v) is 6.28. The number of fused-ring (bicyclic) bond motifs is 2. The van der Waals surface area contributed by atoms with Crippen LogP contribution in [-0.2, 0) is 4.79 Å². The largest absolute Gasteiger partial charge is 0.300 e. The van der Waals surface area contributed by atoms with Gasteiger partial charge in [0.15, 0.2) is 15.1 Å². The second-order valence-corrected chi connectivity index (χ2v) is 10.7. The number of carbonyl (C=O) groups excluding carboxylic acids is 1. The summed E-state index contributed by atoms with van der Waals surface area (Å²) >= 11 is 4.40. The molecule has 1 N–H and O–H groups in total. The average molecular weight is 486 g/mol. The normalized spacial score (nSPS) is 15.2. The van der Waals surface area contributed by atoms with Gasteiger partial charge in [-0.15, -0.1) is 10.2 Å². The Balaban J connectivity index is 1.40. The SMILES string of the molecule is CCSc1nnc(NC(=O)CC2CSc3nc4c(cnn4-c4ccc(C)cc4)c(=O)n32)s1. The van der Waals surface area contributed by atoms with Crippen molar-refractivity contribution in [3.8, 4) is 5.69 Å². The molecule has 164 valence electrons. The topological polar surface area (TPSA) is 108 Å². The Morgan fingerprint density at radius 1 is 1.28 bits per heavy atom. The number of hydrogen-bond acceptors (Lipinski definition) is 9. The van der Waals surface area contributed by atoms with E-state index in [0.29, 0.717) is 27.1 Å². The molecule has 32 heavy (non-hydrogen) atoms. The maximum Gasteiger partial charge on any atom is 0.265 e. The van der Waals surface area contributed by atoms with E-state index in [-0.39, 0.29) is 23.9 Å². The molecule has 0 radical (unpaired) electrons. The zero-order chi connectivity index (χ0) is 22.2. The predicted molar refractivity (Wildman–Crippen MR) is 127 cm³/mol. The molecule has 5 rings (SSSR count). The summed E-state index contributed by atoms with van der Waals surface area (Å²) in [6, 6.07) is 7.61. The summed E-state index contributed by atoms with van der Waals surface area (Å²) in [6.07, 6.45) is 1.71. The summed E-state index contributed by atoms with van der Waals surface area (Å²) in [5.41, 5.74) is 2.34. The number of aromatic nitrogens is 6. The molecule has 1 aliphatic heterocycles. The van der Waals surface area contributed by atoms with Crippen molar-refractivity contribution in [2.75, 3.05) is 16.8 Å². The Kier molecular flexibility index (Phi) is 5.74. The van der Waals surface area contributed by atoms with Gasteiger partial charge in [0.1, 0.15) is 5.39 Å². The number of anilines is 1. The monoisotopic (exact) mass is 485 g/mol. The number of nitrogens with one attached hydrogen (secondary N) is 1. The first-order chi connectivity index (χ1) is 15.5. The van der Waals surface area contributed by atoms with Gasteiger partial charge in [-0.3, -0.25) is 14.2 Å². The van der Waals surface area contributed by atoms with Crippen molar-refractivity contribution in [3.05, 3.63) is 46.4 Å². The van der Waals surface area contributed by atoms with Gasteiger partial charge in [0.05, 0.1) is 17.9 Å². The van der Waals surface area contributed by atoms with Crippen LogP contribution < -0.4 is 10.9 Å². The molecule has 0 fully saturated rings. The Bertz CT molecular complexity index is 1360. The Morgan fingerprint density at radius 2 is 2.09 bits per heavy atom. The molecular weight excluding hydrogens is 466 g/mol. The Morgan fingerprint density at radius 3 is 2.88 bits per heavy atom. The molecule has 1 atom stereocenters. The lowest BCUT2D eigenvalue weighted by atomic mass is 10.2. The number of hydrogen-bond donors (Lipinski definition) is 1. The van der Waals surface area contributed by atoms with Gasteiger partial charge in [-0.2, -0.15) is 5.10 Å². The summed E-state index contributed by atoms with van der Waals surface area (Å²) in [5, 5.41) is 16.8. The molecule has 1 aromatic carbocycles. The molecule has 4 aromatic rings. The zero-order valence-corrected chi connectivity index (χ0v) is 19.8. The first-order valence-electron chi connectivity index (χ1n) is 9.99. The van der Waals surface area contributed by atoms with E-state index in [9.17, 15) is 9.59 Å². The first-order valence-corrected chi connectivity index (χ1v) is 12.8. The molecule has 1 aliphatic rings. The van der Waals surface area contributed by atoms with Crippen molar-refractivity contribution < 1.29 is 4.79 Å². The molecule has 0 saturated heterocycles. The molecular formula is C20H19N7O2S3. The number of amides is 1. The van der Waals surface area contributed by atoms with Crippen LogP contribution in [0.4, 0.5) is 5.13 Å². The molecule has 12 heteroatoms. The summed E-state index contributed by atoms with van der Waals surface area (Å²) in [7, 11) is 0. The highest BCUT2D eigenvalue weighted by Crippen LogP contribution is 2.34. The average Bonchev–Trinajstić information content (AvgIpc) is 3.49. The van der Waals surface area contributed by atoms with Crippen LogP contribution in [0.1, 0.15) is 24.9 Å². The van der Waals surface area contributed by atoms with Crippen LogP contribution in [0, 0.1) is 6.92 Å². The molecule has 0 saturated carbocycles. The van der Waals surface area contributed by atoms with E-state index in [4.69, 9.17) is 4.98 Å². The number of thioether (sulfide) groups is 2. The third-order valence-electron chi connectivity index (χ3n) is 4.99. The first kappa shape index (κ1) is 21.2. The summed E-state index contributed by atoms with van der Waals surface area (Å²) in [6.45, 7) is 4.05. The van der Waals surface area contributed by atoms with Gasteiger partial charge in [-0.25, -0.2) is 9.67 Å². The Hall–Kier alpha value is -2.70. The van der Waals surface area contributed by atoms with Crippen molar-refractivity contribution in [3.63, 3.8) is 0 Å². The lowest BCUT2D eigenvalue weighted by Gasteiger charge is -2.12. The van der Waals surface area contributed by atoms with Gasteiger partial charge in [-0.05, 0) is 24.8 Å². The van der Waals surface area contributed by atoms with Crippen LogP contribution in [0.2, 0.25) is 0 Å². The molecule has 1 amide bonds. The van der Waals surface area contributed by atoms with Crippen LogP contribution in [0.25, 0.3) is 16.7 Å². The van der Waals surface area contributed by atoms with Crippen LogP contribution in [0.15, 0.2) is 44.8 Å². The van der Waals surface area contributed by atoms with Crippen molar-refractivity contribution in [2.45, 2.75) is 35.8 Å². The van der Waals surface area contributed by atoms with Crippen LogP contribution in [-0.4, -0.2) is 46.9 Å². The molecule has 9 nitrogen and oxygen atoms in total. The second kappa shape index (κ2) is 8.68. The summed E-state index contributed by atoms with van der Waals surface area (Å²) in [4.78, 5) is 30.6. The van der Waals surface area contributed by atoms with E-state index in [0.717, 1.165) is 21.3 Å². The minimum atomic E-state index is -0.278. The van der Waals surface area contributed by atoms with Gasteiger partial charge in [0, 0.05) is 12.2 Å². The highest BCUT2D eigenvalue weighted by molar-refractivity contribution is 8.01. The number of aryl methyl sites for hydroxylation is 1. The van der Waals surface area contributed by atoms with Crippen LogP contribution in [0.3, 0.4) is 0 Å². The van der Waals surface area contributed by atoms with E-state index >= 15 is 0 Å². The maximum absolute atomic E-state index is 13.2. The third-order valence-corrected chi connectivity index (χ3v) is 7.94. The molecule has 1 unspecified atom stereocenters. The third kappa shape index (κ3) is 3.93. The highest BCUT2D eigenvalue weighted by atomic mass is 32.2. The summed E-state index contributed by atoms with van der Waals surface area (Å²) < 4.78 is 4.11.